The number of nitriles is 1. The van der Waals surface area contributed by atoms with Crippen LogP contribution < -0.4 is 0 Å². The van der Waals surface area contributed by atoms with Gasteiger partial charge < -0.3 is 0 Å². The molecule has 2 rings (SSSR count). The van der Waals surface area contributed by atoms with Crippen molar-refractivity contribution in [2.45, 2.75) is 38.1 Å². The molecule has 5 heteroatoms. The smallest absolute Gasteiger partial charge is 0.152 e. The first-order valence-electron chi connectivity index (χ1n) is 6.46. The van der Waals surface area contributed by atoms with Crippen molar-refractivity contribution in [1.82, 2.24) is 4.90 Å². The molecule has 0 radical (unpaired) electrons. The SMILES string of the molecule is N#CC1CCCCCC1N1CCS(=O)(=O)CC1. The Morgan fingerprint density at radius 2 is 1.71 bits per heavy atom. The largest absolute Gasteiger partial charge is 0.297 e. The molecule has 0 spiro atoms. The number of hydrogen-bond acceptors (Lipinski definition) is 4. The van der Waals surface area contributed by atoms with Crippen molar-refractivity contribution in [3.8, 4) is 6.07 Å². The molecule has 0 bridgehead atoms. The average molecular weight is 256 g/mol. The van der Waals surface area contributed by atoms with Crippen LogP contribution in [0.4, 0.5) is 0 Å². The Labute approximate surface area is 104 Å². The number of sulfone groups is 1. The topological polar surface area (TPSA) is 61.2 Å². The lowest BCUT2D eigenvalue weighted by Crippen LogP contribution is -2.48. The molecule has 96 valence electrons. The highest BCUT2D eigenvalue weighted by molar-refractivity contribution is 7.91. The van der Waals surface area contributed by atoms with E-state index in [2.05, 4.69) is 11.0 Å². The molecule has 1 aliphatic heterocycles. The molecule has 2 unspecified atom stereocenters. The van der Waals surface area contributed by atoms with Crippen LogP contribution in [0, 0.1) is 17.2 Å². The molecule has 17 heavy (non-hydrogen) atoms. The van der Waals surface area contributed by atoms with Crippen molar-refractivity contribution >= 4 is 9.84 Å². The molecule has 0 aromatic heterocycles. The Morgan fingerprint density at radius 3 is 2.35 bits per heavy atom. The first kappa shape index (κ1) is 12.8. The van der Waals surface area contributed by atoms with Crippen molar-refractivity contribution in [3.63, 3.8) is 0 Å². The molecular weight excluding hydrogens is 236 g/mol. The molecule has 0 amide bonds. The number of rotatable bonds is 1. The summed E-state index contributed by atoms with van der Waals surface area (Å²) >= 11 is 0. The van der Waals surface area contributed by atoms with Crippen LogP contribution in [0.25, 0.3) is 0 Å². The summed E-state index contributed by atoms with van der Waals surface area (Å²) in [4.78, 5) is 2.24. The summed E-state index contributed by atoms with van der Waals surface area (Å²) in [6.45, 7) is 1.23. The maximum absolute atomic E-state index is 11.4. The molecule has 1 heterocycles. The van der Waals surface area contributed by atoms with E-state index < -0.39 is 9.84 Å². The number of nitrogens with zero attached hydrogens (tertiary/aromatic N) is 2. The van der Waals surface area contributed by atoms with Crippen LogP contribution in [-0.2, 0) is 9.84 Å². The highest BCUT2D eigenvalue weighted by atomic mass is 32.2. The highest BCUT2D eigenvalue weighted by Crippen LogP contribution is 2.27. The van der Waals surface area contributed by atoms with Crippen molar-refractivity contribution in [3.05, 3.63) is 0 Å². The van der Waals surface area contributed by atoms with E-state index >= 15 is 0 Å². The molecule has 0 aromatic rings. The van der Waals surface area contributed by atoms with E-state index in [9.17, 15) is 13.7 Å². The van der Waals surface area contributed by atoms with E-state index in [1.807, 2.05) is 0 Å². The Bertz CT molecular complexity index is 385. The fourth-order valence-electron chi connectivity index (χ4n) is 2.93. The maximum atomic E-state index is 11.4. The summed E-state index contributed by atoms with van der Waals surface area (Å²) in [7, 11) is -2.81. The first-order chi connectivity index (χ1) is 8.12. The zero-order valence-corrected chi connectivity index (χ0v) is 11.0. The van der Waals surface area contributed by atoms with Gasteiger partial charge in [0.15, 0.2) is 9.84 Å². The normalized spacial score (nSPS) is 34.8. The second-order valence-electron chi connectivity index (χ2n) is 5.13. The van der Waals surface area contributed by atoms with Crippen LogP contribution in [0.1, 0.15) is 32.1 Å². The third kappa shape index (κ3) is 3.20. The third-order valence-electron chi connectivity index (χ3n) is 3.99. The second-order valence-corrected chi connectivity index (χ2v) is 7.43. The minimum absolute atomic E-state index is 0.0957. The van der Waals surface area contributed by atoms with Crippen molar-refractivity contribution in [2.75, 3.05) is 24.6 Å². The number of hydrogen-bond donors (Lipinski definition) is 0. The summed E-state index contributed by atoms with van der Waals surface area (Å²) < 4.78 is 22.8. The summed E-state index contributed by atoms with van der Waals surface area (Å²) in [5, 5.41) is 9.22. The molecule has 1 aliphatic carbocycles. The fraction of sp³-hybridized carbons (Fsp3) is 0.917. The molecule has 1 saturated heterocycles. The van der Waals surface area contributed by atoms with Crippen molar-refractivity contribution in [2.24, 2.45) is 5.92 Å². The van der Waals surface area contributed by atoms with Gasteiger partial charge in [0, 0.05) is 19.1 Å². The van der Waals surface area contributed by atoms with Gasteiger partial charge in [0.1, 0.15) is 0 Å². The van der Waals surface area contributed by atoms with Crippen molar-refractivity contribution < 1.29 is 8.42 Å². The van der Waals surface area contributed by atoms with Crippen LogP contribution in [0.3, 0.4) is 0 Å². The van der Waals surface area contributed by atoms with E-state index in [1.165, 1.54) is 12.8 Å². The van der Waals surface area contributed by atoms with Gasteiger partial charge in [-0.15, -0.1) is 0 Å². The maximum Gasteiger partial charge on any atom is 0.152 e. The lowest BCUT2D eigenvalue weighted by Gasteiger charge is -2.36. The summed E-state index contributed by atoms with van der Waals surface area (Å²) in [6, 6.07) is 2.71. The van der Waals surface area contributed by atoms with Gasteiger partial charge in [-0.1, -0.05) is 19.3 Å². The molecular formula is C12H20N2O2S. The van der Waals surface area contributed by atoms with Gasteiger partial charge in [-0.2, -0.15) is 5.26 Å². The molecule has 2 atom stereocenters. The van der Waals surface area contributed by atoms with Gasteiger partial charge >= 0.3 is 0 Å². The van der Waals surface area contributed by atoms with Crippen LogP contribution in [0.5, 0.6) is 0 Å². The van der Waals surface area contributed by atoms with E-state index in [0.717, 1.165) is 19.3 Å². The van der Waals surface area contributed by atoms with Gasteiger partial charge in [0.25, 0.3) is 0 Å². The fourth-order valence-corrected chi connectivity index (χ4v) is 4.16. The predicted octanol–water partition coefficient (Wildman–Crippen LogP) is 1.19. The lowest BCUT2D eigenvalue weighted by molar-refractivity contribution is 0.166. The summed E-state index contributed by atoms with van der Waals surface area (Å²) in [5.41, 5.74) is 0. The van der Waals surface area contributed by atoms with E-state index in [1.54, 1.807) is 0 Å². The van der Waals surface area contributed by atoms with Gasteiger partial charge in [0.05, 0.1) is 23.5 Å². The summed E-state index contributed by atoms with van der Waals surface area (Å²) in [5.74, 6) is 0.627. The average Bonchev–Trinajstić information content (AvgIpc) is 2.54. The lowest BCUT2D eigenvalue weighted by atomic mass is 9.95. The molecule has 4 nitrogen and oxygen atoms in total. The third-order valence-corrected chi connectivity index (χ3v) is 5.60. The van der Waals surface area contributed by atoms with E-state index in [4.69, 9.17) is 0 Å². The van der Waals surface area contributed by atoms with E-state index in [-0.39, 0.29) is 23.5 Å². The monoisotopic (exact) mass is 256 g/mol. The predicted molar refractivity (Wildman–Crippen MR) is 66.2 cm³/mol. The van der Waals surface area contributed by atoms with Crippen LogP contribution in [0.15, 0.2) is 0 Å². The molecule has 2 fully saturated rings. The Hall–Kier alpha value is -0.600. The minimum Gasteiger partial charge on any atom is -0.297 e. The highest BCUT2D eigenvalue weighted by Gasteiger charge is 2.32. The zero-order chi connectivity index (χ0) is 12.3. The quantitative estimate of drug-likeness (QED) is 0.661. The first-order valence-corrected chi connectivity index (χ1v) is 8.28. The van der Waals surface area contributed by atoms with Crippen molar-refractivity contribution in [1.29, 1.82) is 5.26 Å². The van der Waals surface area contributed by atoms with Gasteiger partial charge in [0.2, 0.25) is 0 Å². The zero-order valence-electron chi connectivity index (χ0n) is 10.1. The Morgan fingerprint density at radius 1 is 1.06 bits per heavy atom. The van der Waals surface area contributed by atoms with Gasteiger partial charge in [-0.25, -0.2) is 8.42 Å². The molecule has 0 aromatic carbocycles. The molecule has 1 saturated carbocycles. The van der Waals surface area contributed by atoms with Crippen LogP contribution in [-0.4, -0.2) is 44.0 Å². The summed E-state index contributed by atoms with van der Waals surface area (Å²) in [6.07, 6.45) is 5.55. The van der Waals surface area contributed by atoms with Crippen LogP contribution in [0.2, 0.25) is 0 Å². The Balaban J connectivity index is 2.02. The Kier molecular flexibility index (Phi) is 4.05. The van der Waals surface area contributed by atoms with E-state index in [0.29, 0.717) is 13.1 Å². The standard InChI is InChI=1S/C12H20N2O2S/c13-10-11-4-2-1-3-5-12(11)14-6-8-17(15,16)9-7-14/h11-12H,1-9H2. The minimum atomic E-state index is -2.81. The molecule has 0 N–H and O–H groups in total. The molecule has 2 aliphatic rings. The van der Waals surface area contributed by atoms with Crippen LogP contribution >= 0.6 is 0 Å². The second kappa shape index (κ2) is 5.36. The van der Waals surface area contributed by atoms with Gasteiger partial charge in [-0.05, 0) is 12.8 Å². The van der Waals surface area contributed by atoms with Gasteiger partial charge in [-0.3, -0.25) is 4.90 Å².